The fourth-order valence-electron chi connectivity index (χ4n) is 0.988. The predicted octanol–water partition coefficient (Wildman–Crippen LogP) is 1.08. The third-order valence-corrected chi connectivity index (χ3v) is 2.13. The molecular weight excluding hydrogens is 186 g/mol. The molecule has 0 aliphatic rings. The summed E-state index contributed by atoms with van der Waals surface area (Å²) in [5, 5.41) is 11.0. The molecule has 5 heteroatoms. The SMILES string of the molecule is CNCCCc1nnc(CSC)o1. The molecule has 0 amide bonds. The van der Waals surface area contributed by atoms with Crippen LogP contribution in [0.4, 0.5) is 0 Å². The van der Waals surface area contributed by atoms with E-state index < -0.39 is 0 Å². The van der Waals surface area contributed by atoms with Crippen LogP contribution in [0.2, 0.25) is 0 Å². The van der Waals surface area contributed by atoms with E-state index in [0.29, 0.717) is 0 Å². The van der Waals surface area contributed by atoms with E-state index in [4.69, 9.17) is 4.42 Å². The largest absolute Gasteiger partial charge is 0.424 e. The molecule has 0 fully saturated rings. The topological polar surface area (TPSA) is 51.0 Å². The fourth-order valence-corrected chi connectivity index (χ4v) is 1.35. The number of thioether (sulfide) groups is 1. The van der Waals surface area contributed by atoms with E-state index in [-0.39, 0.29) is 0 Å². The van der Waals surface area contributed by atoms with Crippen molar-refractivity contribution in [3.05, 3.63) is 11.8 Å². The quantitative estimate of drug-likeness (QED) is 0.698. The smallest absolute Gasteiger partial charge is 0.226 e. The molecule has 74 valence electrons. The average molecular weight is 201 g/mol. The highest BCUT2D eigenvalue weighted by molar-refractivity contribution is 7.97. The third kappa shape index (κ3) is 3.78. The van der Waals surface area contributed by atoms with Gasteiger partial charge in [0.15, 0.2) is 0 Å². The molecule has 1 heterocycles. The van der Waals surface area contributed by atoms with Gasteiger partial charge in [0.05, 0.1) is 5.75 Å². The molecule has 1 N–H and O–H groups in total. The summed E-state index contributed by atoms with van der Waals surface area (Å²) in [5.74, 6) is 2.28. The molecule has 0 radical (unpaired) electrons. The number of hydrogen-bond donors (Lipinski definition) is 1. The van der Waals surface area contributed by atoms with E-state index in [9.17, 15) is 0 Å². The van der Waals surface area contributed by atoms with Crippen molar-refractivity contribution in [3.8, 4) is 0 Å². The molecule has 0 bridgehead atoms. The molecule has 0 unspecified atom stereocenters. The van der Waals surface area contributed by atoms with Gasteiger partial charge in [0.25, 0.3) is 0 Å². The van der Waals surface area contributed by atoms with Gasteiger partial charge in [-0.3, -0.25) is 0 Å². The van der Waals surface area contributed by atoms with Crippen molar-refractivity contribution in [1.29, 1.82) is 0 Å². The lowest BCUT2D eigenvalue weighted by Gasteiger charge is -1.94. The minimum atomic E-state index is 0.729. The van der Waals surface area contributed by atoms with E-state index in [1.165, 1.54) is 0 Å². The van der Waals surface area contributed by atoms with Gasteiger partial charge in [0.2, 0.25) is 11.8 Å². The Morgan fingerprint density at radius 1 is 1.38 bits per heavy atom. The van der Waals surface area contributed by atoms with Crippen molar-refractivity contribution in [2.75, 3.05) is 19.8 Å². The van der Waals surface area contributed by atoms with Gasteiger partial charge in [0.1, 0.15) is 0 Å². The normalized spacial score (nSPS) is 10.6. The van der Waals surface area contributed by atoms with Gasteiger partial charge in [-0.15, -0.1) is 10.2 Å². The first-order valence-electron chi connectivity index (χ1n) is 4.31. The zero-order valence-electron chi connectivity index (χ0n) is 8.04. The molecule has 1 aromatic rings. The fraction of sp³-hybridized carbons (Fsp3) is 0.750. The van der Waals surface area contributed by atoms with Gasteiger partial charge in [-0.05, 0) is 26.3 Å². The standard InChI is InChI=1S/C8H15N3OS/c1-9-5-3-4-7-10-11-8(12-7)6-13-2/h9H,3-6H2,1-2H3. The summed E-state index contributed by atoms with van der Waals surface area (Å²) in [5.41, 5.74) is 0. The maximum atomic E-state index is 5.40. The molecule has 0 saturated heterocycles. The molecule has 0 aromatic carbocycles. The number of aromatic nitrogens is 2. The second-order valence-electron chi connectivity index (χ2n) is 2.73. The van der Waals surface area contributed by atoms with E-state index in [0.717, 1.165) is 36.9 Å². The van der Waals surface area contributed by atoms with Crippen molar-refractivity contribution in [2.24, 2.45) is 0 Å². The van der Waals surface area contributed by atoms with Gasteiger partial charge >= 0.3 is 0 Å². The first-order chi connectivity index (χ1) is 6.36. The number of nitrogens with one attached hydrogen (secondary N) is 1. The van der Waals surface area contributed by atoms with E-state index in [2.05, 4.69) is 15.5 Å². The minimum Gasteiger partial charge on any atom is -0.424 e. The van der Waals surface area contributed by atoms with Crippen LogP contribution in [0.15, 0.2) is 4.42 Å². The van der Waals surface area contributed by atoms with Crippen molar-refractivity contribution < 1.29 is 4.42 Å². The van der Waals surface area contributed by atoms with Crippen LogP contribution in [0.3, 0.4) is 0 Å². The molecule has 0 spiro atoms. The Balaban J connectivity index is 2.31. The van der Waals surface area contributed by atoms with Crippen LogP contribution in [0.25, 0.3) is 0 Å². The van der Waals surface area contributed by atoms with Crippen LogP contribution in [0.5, 0.6) is 0 Å². The van der Waals surface area contributed by atoms with Crippen LogP contribution in [-0.2, 0) is 12.2 Å². The van der Waals surface area contributed by atoms with Crippen molar-refractivity contribution in [3.63, 3.8) is 0 Å². The first-order valence-corrected chi connectivity index (χ1v) is 5.71. The highest BCUT2D eigenvalue weighted by Gasteiger charge is 2.03. The molecular formula is C8H15N3OS. The Morgan fingerprint density at radius 2 is 2.15 bits per heavy atom. The Kier molecular flexibility index (Phi) is 4.85. The monoisotopic (exact) mass is 201 g/mol. The second-order valence-corrected chi connectivity index (χ2v) is 3.60. The van der Waals surface area contributed by atoms with Crippen LogP contribution in [0, 0.1) is 0 Å². The third-order valence-electron chi connectivity index (χ3n) is 1.59. The number of hydrogen-bond acceptors (Lipinski definition) is 5. The zero-order chi connectivity index (χ0) is 9.52. The second kappa shape index (κ2) is 5.99. The lowest BCUT2D eigenvalue weighted by atomic mass is 10.3. The maximum absolute atomic E-state index is 5.40. The average Bonchev–Trinajstić information content (AvgIpc) is 2.54. The Morgan fingerprint density at radius 3 is 2.85 bits per heavy atom. The van der Waals surface area contributed by atoms with E-state index >= 15 is 0 Å². The Bertz CT molecular complexity index is 239. The number of aryl methyl sites for hydroxylation is 1. The Hall–Kier alpha value is -0.550. The minimum absolute atomic E-state index is 0.729. The van der Waals surface area contributed by atoms with Crippen molar-refractivity contribution in [1.82, 2.24) is 15.5 Å². The highest BCUT2D eigenvalue weighted by Crippen LogP contribution is 2.08. The van der Waals surface area contributed by atoms with Crippen molar-refractivity contribution >= 4 is 11.8 Å². The molecule has 4 nitrogen and oxygen atoms in total. The summed E-state index contributed by atoms with van der Waals surface area (Å²) < 4.78 is 5.40. The van der Waals surface area contributed by atoms with Crippen LogP contribution in [-0.4, -0.2) is 30.0 Å². The summed E-state index contributed by atoms with van der Waals surface area (Å²) >= 11 is 1.69. The van der Waals surface area contributed by atoms with Gasteiger partial charge in [-0.1, -0.05) is 0 Å². The van der Waals surface area contributed by atoms with Crippen LogP contribution < -0.4 is 5.32 Å². The summed E-state index contributed by atoms with van der Waals surface area (Å²) in [4.78, 5) is 0. The summed E-state index contributed by atoms with van der Waals surface area (Å²) in [6.45, 7) is 0.986. The van der Waals surface area contributed by atoms with Crippen LogP contribution >= 0.6 is 11.8 Å². The molecule has 1 rings (SSSR count). The predicted molar refractivity (Wildman–Crippen MR) is 53.8 cm³/mol. The summed E-state index contributed by atoms with van der Waals surface area (Å²) in [7, 11) is 1.94. The van der Waals surface area contributed by atoms with E-state index in [1.807, 2.05) is 13.3 Å². The number of rotatable bonds is 6. The molecule has 0 saturated carbocycles. The van der Waals surface area contributed by atoms with E-state index in [1.54, 1.807) is 11.8 Å². The van der Waals surface area contributed by atoms with Gasteiger partial charge in [0, 0.05) is 6.42 Å². The molecule has 13 heavy (non-hydrogen) atoms. The molecule has 0 aliphatic heterocycles. The highest BCUT2D eigenvalue weighted by atomic mass is 32.2. The van der Waals surface area contributed by atoms with Crippen LogP contribution in [0.1, 0.15) is 18.2 Å². The molecule has 0 atom stereocenters. The summed E-state index contributed by atoms with van der Waals surface area (Å²) in [6, 6.07) is 0. The van der Waals surface area contributed by atoms with Gasteiger partial charge in [-0.2, -0.15) is 11.8 Å². The lowest BCUT2D eigenvalue weighted by molar-refractivity contribution is 0.457. The lowest BCUT2D eigenvalue weighted by Crippen LogP contribution is -2.08. The van der Waals surface area contributed by atoms with Crippen molar-refractivity contribution in [2.45, 2.75) is 18.6 Å². The molecule has 1 aromatic heterocycles. The Labute approximate surface area is 82.5 Å². The number of nitrogens with zero attached hydrogens (tertiary/aromatic N) is 2. The zero-order valence-corrected chi connectivity index (χ0v) is 8.86. The van der Waals surface area contributed by atoms with Gasteiger partial charge < -0.3 is 9.73 Å². The maximum Gasteiger partial charge on any atom is 0.226 e. The van der Waals surface area contributed by atoms with Gasteiger partial charge in [-0.25, -0.2) is 0 Å². The first kappa shape index (κ1) is 10.5. The summed E-state index contributed by atoms with van der Waals surface area (Å²) in [6.07, 6.45) is 3.92. The molecule has 0 aliphatic carbocycles.